The quantitative estimate of drug-likeness (QED) is 0.204. The van der Waals surface area contributed by atoms with Gasteiger partial charge in [0.15, 0.2) is 0 Å². The number of benzene rings is 1. The molecule has 3 aliphatic rings. The zero-order chi connectivity index (χ0) is 31.3. The molecule has 1 aromatic heterocycles. The lowest BCUT2D eigenvalue weighted by atomic mass is 9.70. The summed E-state index contributed by atoms with van der Waals surface area (Å²) in [6, 6.07) is 0.399. The van der Waals surface area contributed by atoms with E-state index < -0.39 is 23.3 Å². The molecule has 1 saturated heterocycles. The zero-order valence-electron chi connectivity index (χ0n) is 24.2. The van der Waals surface area contributed by atoms with E-state index >= 15 is 0 Å². The highest BCUT2D eigenvalue weighted by molar-refractivity contribution is 7.99. The van der Waals surface area contributed by atoms with E-state index in [-0.39, 0.29) is 70.1 Å². The molecular weight excluding hydrogens is 587 g/mol. The van der Waals surface area contributed by atoms with E-state index in [1.807, 2.05) is 13.8 Å². The number of carbonyl (C=O) groups excluding carboxylic acids is 1. The first-order valence-electron chi connectivity index (χ1n) is 14.1. The lowest BCUT2D eigenvalue weighted by molar-refractivity contribution is -0.137. The SMILES string of the molecule is C=CC(=O)N1C(C)CN(c2nc(=O)n3c4c(c(/C=C/C(C)=C(F)\C=C\F)c(C(F)(F)F)cc24)SCC2(CCC2)C3)CC1C. The summed E-state index contributed by atoms with van der Waals surface area (Å²) >= 11 is 1.28. The van der Waals surface area contributed by atoms with Gasteiger partial charge in [-0.2, -0.15) is 18.2 Å². The molecule has 2 atom stereocenters. The fourth-order valence-corrected chi connectivity index (χ4v) is 7.96. The summed E-state index contributed by atoms with van der Waals surface area (Å²) in [4.78, 5) is 34.3. The summed E-state index contributed by atoms with van der Waals surface area (Å²) in [5.74, 6) is -0.504. The van der Waals surface area contributed by atoms with Gasteiger partial charge >= 0.3 is 11.9 Å². The van der Waals surface area contributed by atoms with Crippen LogP contribution < -0.4 is 10.6 Å². The molecule has 12 heteroatoms. The van der Waals surface area contributed by atoms with Crippen molar-refractivity contribution in [1.82, 2.24) is 14.5 Å². The highest BCUT2D eigenvalue weighted by atomic mass is 32.2. The van der Waals surface area contributed by atoms with Crippen molar-refractivity contribution >= 4 is 40.5 Å². The van der Waals surface area contributed by atoms with Crippen molar-refractivity contribution in [1.29, 1.82) is 0 Å². The van der Waals surface area contributed by atoms with Crippen LogP contribution in [0.4, 0.5) is 27.8 Å². The number of carbonyl (C=O) groups is 1. The molecule has 0 bridgehead atoms. The monoisotopic (exact) mass is 620 g/mol. The molecule has 2 unspecified atom stereocenters. The Morgan fingerprint density at radius 2 is 1.86 bits per heavy atom. The van der Waals surface area contributed by atoms with Crippen molar-refractivity contribution in [3.05, 3.63) is 70.2 Å². The van der Waals surface area contributed by atoms with Gasteiger partial charge in [-0.15, -0.1) is 11.8 Å². The van der Waals surface area contributed by atoms with Crippen LogP contribution in [-0.2, 0) is 17.5 Å². The summed E-state index contributed by atoms with van der Waals surface area (Å²) in [6.45, 7) is 9.44. The number of hydrogen-bond acceptors (Lipinski definition) is 5. The van der Waals surface area contributed by atoms with Gasteiger partial charge < -0.3 is 9.80 Å². The number of nitrogens with zero attached hydrogens (tertiary/aromatic N) is 4. The van der Waals surface area contributed by atoms with Gasteiger partial charge in [-0.05, 0) is 56.7 Å². The summed E-state index contributed by atoms with van der Waals surface area (Å²) in [6.07, 6.45) is 2.11. The van der Waals surface area contributed by atoms with Crippen molar-refractivity contribution in [2.45, 2.75) is 69.7 Å². The van der Waals surface area contributed by atoms with E-state index in [1.165, 1.54) is 41.5 Å². The van der Waals surface area contributed by atoms with Gasteiger partial charge in [0, 0.05) is 59.4 Å². The second kappa shape index (κ2) is 11.6. The molecule has 0 radical (unpaired) electrons. The Morgan fingerprint density at radius 1 is 1.19 bits per heavy atom. The number of piperazine rings is 1. The molecule has 3 heterocycles. The van der Waals surface area contributed by atoms with Crippen LogP contribution in [0.25, 0.3) is 17.0 Å². The molecule has 2 aliphatic heterocycles. The zero-order valence-corrected chi connectivity index (χ0v) is 25.0. The lowest BCUT2D eigenvalue weighted by Crippen LogP contribution is -2.58. The molecule has 1 saturated carbocycles. The number of thioether (sulfide) groups is 1. The molecule has 0 N–H and O–H groups in total. The Morgan fingerprint density at radius 3 is 2.42 bits per heavy atom. The molecule has 6 nitrogen and oxygen atoms in total. The molecule has 2 fully saturated rings. The summed E-state index contributed by atoms with van der Waals surface area (Å²) in [7, 11) is 0. The van der Waals surface area contributed by atoms with Crippen LogP contribution in [0.1, 0.15) is 51.2 Å². The summed E-state index contributed by atoms with van der Waals surface area (Å²) in [5, 5.41) is 0.199. The third-order valence-electron chi connectivity index (χ3n) is 8.71. The van der Waals surface area contributed by atoms with Crippen molar-refractivity contribution in [3.63, 3.8) is 0 Å². The molecule has 5 rings (SSSR count). The van der Waals surface area contributed by atoms with Crippen LogP contribution in [0.5, 0.6) is 0 Å². The first-order chi connectivity index (χ1) is 20.3. The largest absolute Gasteiger partial charge is 0.417 e. The summed E-state index contributed by atoms with van der Waals surface area (Å²) < 4.78 is 72.5. The molecular formula is C31H33F5N4O2S. The number of anilines is 1. The third kappa shape index (κ3) is 5.65. The molecule has 1 aliphatic carbocycles. The Bertz CT molecular complexity index is 1610. The fourth-order valence-electron chi connectivity index (χ4n) is 6.44. The van der Waals surface area contributed by atoms with Gasteiger partial charge in [0.05, 0.1) is 17.4 Å². The van der Waals surface area contributed by atoms with Crippen LogP contribution in [0.2, 0.25) is 0 Å². The van der Waals surface area contributed by atoms with Crippen molar-refractivity contribution in [2.75, 3.05) is 23.7 Å². The van der Waals surface area contributed by atoms with Crippen LogP contribution in [0, 0.1) is 5.41 Å². The van der Waals surface area contributed by atoms with Crippen LogP contribution in [0.3, 0.4) is 0 Å². The standard InChI is InChI=1S/C31H33F5N4O2S/c1-5-25(41)40-19(3)14-38(15-20(40)4)28-22-13-23(31(34,35)36)21(8-7-18(2)24(33)9-12-32)27-26(22)39(29(42)37-28)16-30(17-43-27)10-6-11-30/h5,7-9,12-13,19-20H,1,6,10-11,14-17H2,2-4H3/b8-7+,12-9+,24-18+. The van der Waals surface area contributed by atoms with Gasteiger partial charge in [0.2, 0.25) is 5.91 Å². The van der Waals surface area contributed by atoms with E-state index in [4.69, 9.17) is 0 Å². The maximum atomic E-state index is 14.8. The maximum Gasteiger partial charge on any atom is 0.417 e. The molecule has 1 spiro atoms. The smallest absolute Gasteiger partial charge is 0.352 e. The number of allylic oxidation sites excluding steroid dienone is 4. The van der Waals surface area contributed by atoms with Crippen LogP contribution in [-0.4, -0.2) is 51.3 Å². The van der Waals surface area contributed by atoms with Gasteiger partial charge in [0.1, 0.15) is 11.6 Å². The van der Waals surface area contributed by atoms with E-state index in [2.05, 4.69) is 11.6 Å². The van der Waals surface area contributed by atoms with E-state index in [1.54, 1.807) is 9.80 Å². The minimum absolute atomic E-state index is 0.0216. The van der Waals surface area contributed by atoms with E-state index in [0.717, 1.165) is 25.3 Å². The predicted molar refractivity (Wildman–Crippen MR) is 159 cm³/mol. The lowest BCUT2D eigenvalue weighted by Gasteiger charge is -2.45. The third-order valence-corrected chi connectivity index (χ3v) is 10.2. The van der Waals surface area contributed by atoms with Gasteiger partial charge in [-0.1, -0.05) is 25.2 Å². The molecule has 1 aromatic carbocycles. The van der Waals surface area contributed by atoms with Gasteiger partial charge in [-0.3, -0.25) is 9.36 Å². The highest BCUT2D eigenvalue weighted by Crippen LogP contribution is 2.52. The number of alkyl halides is 3. The van der Waals surface area contributed by atoms with Gasteiger partial charge in [-0.25, -0.2) is 13.6 Å². The minimum Gasteiger partial charge on any atom is -0.352 e. The first kappa shape index (κ1) is 31.0. The Kier molecular flexibility index (Phi) is 8.36. The Hall–Kier alpha value is -3.41. The minimum atomic E-state index is -4.78. The summed E-state index contributed by atoms with van der Waals surface area (Å²) in [5.41, 5.74) is -1.58. The molecule has 230 valence electrons. The van der Waals surface area contributed by atoms with Crippen molar-refractivity contribution < 1.29 is 26.7 Å². The first-order valence-corrected chi connectivity index (χ1v) is 15.1. The fraction of sp³-hybridized carbons (Fsp3) is 0.452. The van der Waals surface area contributed by atoms with Crippen LogP contribution in [0.15, 0.2) is 58.3 Å². The average Bonchev–Trinajstić information content (AvgIpc) is 3.12. The second-order valence-corrected chi connectivity index (χ2v) is 12.7. The van der Waals surface area contributed by atoms with Crippen LogP contribution >= 0.6 is 11.8 Å². The Balaban J connectivity index is 1.77. The number of aromatic nitrogens is 2. The van der Waals surface area contributed by atoms with E-state index in [0.29, 0.717) is 23.9 Å². The highest BCUT2D eigenvalue weighted by Gasteiger charge is 2.43. The molecule has 2 aromatic rings. The van der Waals surface area contributed by atoms with E-state index in [9.17, 15) is 31.5 Å². The average molecular weight is 621 g/mol. The molecule has 1 amide bonds. The topological polar surface area (TPSA) is 58.4 Å². The van der Waals surface area contributed by atoms with Gasteiger partial charge in [0.25, 0.3) is 0 Å². The van der Waals surface area contributed by atoms with Crippen molar-refractivity contribution in [2.24, 2.45) is 5.41 Å². The Labute approximate surface area is 250 Å². The second-order valence-electron chi connectivity index (χ2n) is 11.7. The normalized spacial score (nSPS) is 22.7. The predicted octanol–water partition coefficient (Wildman–Crippen LogP) is 7.04. The number of halogens is 5. The number of hydrogen-bond donors (Lipinski definition) is 0. The maximum absolute atomic E-state index is 14.8. The molecule has 43 heavy (non-hydrogen) atoms. The van der Waals surface area contributed by atoms with Crippen molar-refractivity contribution in [3.8, 4) is 0 Å². The number of rotatable bonds is 5. The number of amides is 1.